The Hall–Kier alpha value is -1.92. The summed E-state index contributed by atoms with van der Waals surface area (Å²) in [4.78, 5) is 22.4. The summed E-state index contributed by atoms with van der Waals surface area (Å²) in [6.45, 7) is 0. The molecule has 0 spiro atoms. The van der Waals surface area contributed by atoms with Crippen molar-refractivity contribution in [2.75, 3.05) is 0 Å². The predicted octanol–water partition coefficient (Wildman–Crippen LogP) is 1.71. The average Bonchev–Trinajstić information content (AvgIpc) is 2.78. The molecule has 104 valence electrons. The molecule has 0 aliphatic carbocycles. The zero-order chi connectivity index (χ0) is 14.5. The van der Waals surface area contributed by atoms with Gasteiger partial charge in [-0.1, -0.05) is 29.3 Å². The third kappa shape index (κ3) is 3.79. The minimum absolute atomic E-state index is 0.00628. The number of carbonyl (C=O) groups excluding carboxylic acids is 2. The molecule has 20 heavy (non-hydrogen) atoms. The Balaban J connectivity index is 1.90. The monoisotopic (exact) mass is 312 g/mol. The molecule has 2 N–H and O–H groups in total. The standard InChI is InChI=1S/C12H10Cl2N4O2/c13-9-2-1-3-10(14)8(9)6-15-17-11(19)4-7-5-12(20)18-16-7/h1-3,6H,4-5H2,(H,17,19)(H,18,20)/b15-6+. The van der Waals surface area contributed by atoms with Gasteiger partial charge >= 0.3 is 0 Å². The molecule has 0 radical (unpaired) electrons. The highest BCUT2D eigenvalue weighted by molar-refractivity contribution is 6.38. The van der Waals surface area contributed by atoms with Crippen molar-refractivity contribution < 1.29 is 9.59 Å². The summed E-state index contributed by atoms with van der Waals surface area (Å²) in [5.74, 6) is -0.598. The van der Waals surface area contributed by atoms with Crippen molar-refractivity contribution in [3.63, 3.8) is 0 Å². The molecule has 0 unspecified atom stereocenters. The highest BCUT2D eigenvalue weighted by atomic mass is 35.5. The van der Waals surface area contributed by atoms with Gasteiger partial charge < -0.3 is 0 Å². The fourth-order valence-electron chi connectivity index (χ4n) is 1.54. The lowest BCUT2D eigenvalue weighted by Crippen LogP contribution is -2.20. The summed E-state index contributed by atoms with van der Waals surface area (Å²) in [6, 6.07) is 5.05. The van der Waals surface area contributed by atoms with Crippen molar-refractivity contribution in [2.45, 2.75) is 12.8 Å². The Kier molecular flexibility index (Phi) is 4.70. The van der Waals surface area contributed by atoms with Crippen LogP contribution in [0.2, 0.25) is 10.0 Å². The van der Waals surface area contributed by atoms with E-state index in [0.717, 1.165) is 0 Å². The van der Waals surface area contributed by atoms with Crippen LogP contribution in [0.1, 0.15) is 18.4 Å². The van der Waals surface area contributed by atoms with Gasteiger partial charge in [0.15, 0.2) is 0 Å². The van der Waals surface area contributed by atoms with Gasteiger partial charge in [-0.2, -0.15) is 10.2 Å². The maximum Gasteiger partial charge on any atom is 0.245 e. The molecule has 1 heterocycles. The van der Waals surface area contributed by atoms with Crippen LogP contribution in [0.5, 0.6) is 0 Å². The van der Waals surface area contributed by atoms with E-state index in [1.807, 2.05) is 0 Å². The van der Waals surface area contributed by atoms with E-state index < -0.39 is 0 Å². The average molecular weight is 313 g/mol. The first-order valence-corrected chi connectivity index (χ1v) is 6.42. The number of benzene rings is 1. The summed E-state index contributed by atoms with van der Waals surface area (Å²) in [5, 5.41) is 8.36. The first kappa shape index (κ1) is 14.5. The topological polar surface area (TPSA) is 82.9 Å². The molecule has 0 fully saturated rings. The largest absolute Gasteiger partial charge is 0.273 e. The summed E-state index contributed by atoms with van der Waals surface area (Å²) < 4.78 is 0. The zero-order valence-corrected chi connectivity index (χ0v) is 11.7. The van der Waals surface area contributed by atoms with E-state index in [4.69, 9.17) is 23.2 Å². The minimum Gasteiger partial charge on any atom is -0.273 e. The van der Waals surface area contributed by atoms with Crippen LogP contribution in [0.4, 0.5) is 0 Å². The highest BCUT2D eigenvalue weighted by Gasteiger charge is 2.17. The Morgan fingerprint density at radius 2 is 2.15 bits per heavy atom. The van der Waals surface area contributed by atoms with Gasteiger partial charge in [0.25, 0.3) is 0 Å². The fraction of sp³-hybridized carbons (Fsp3) is 0.167. The third-order valence-electron chi connectivity index (χ3n) is 2.45. The molecule has 8 heteroatoms. The first-order chi connectivity index (χ1) is 9.56. The number of carbonyl (C=O) groups is 2. The van der Waals surface area contributed by atoms with Gasteiger partial charge in [0, 0.05) is 5.56 Å². The van der Waals surface area contributed by atoms with Gasteiger partial charge in [-0.05, 0) is 12.1 Å². The van der Waals surface area contributed by atoms with E-state index in [-0.39, 0.29) is 24.7 Å². The van der Waals surface area contributed by atoms with Gasteiger partial charge in [-0.3, -0.25) is 9.59 Å². The van der Waals surface area contributed by atoms with Crippen LogP contribution in [0.25, 0.3) is 0 Å². The molecule has 0 saturated heterocycles. The Morgan fingerprint density at radius 3 is 2.75 bits per heavy atom. The van der Waals surface area contributed by atoms with Gasteiger partial charge in [0.05, 0.1) is 34.8 Å². The summed E-state index contributed by atoms with van der Waals surface area (Å²) in [5.41, 5.74) is 5.58. The van der Waals surface area contributed by atoms with Gasteiger partial charge in [-0.15, -0.1) is 0 Å². The van der Waals surface area contributed by atoms with Crippen LogP contribution in [0.15, 0.2) is 28.4 Å². The van der Waals surface area contributed by atoms with Crippen LogP contribution < -0.4 is 10.9 Å². The van der Waals surface area contributed by atoms with Crippen LogP contribution in [0, 0.1) is 0 Å². The number of rotatable bonds is 4. The van der Waals surface area contributed by atoms with Crippen molar-refractivity contribution >= 4 is 46.9 Å². The number of nitrogens with zero attached hydrogens (tertiary/aromatic N) is 2. The number of hydrogen-bond acceptors (Lipinski definition) is 4. The van der Waals surface area contributed by atoms with Crippen LogP contribution in [-0.2, 0) is 9.59 Å². The molecule has 0 atom stereocenters. The molecule has 6 nitrogen and oxygen atoms in total. The van der Waals surface area contributed by atoms with Crippen molar-refractivity contribution in [1.29, 1.82) is 0 Å². The number of hydrazone groups is 2. The summed E-state index contributed by atoms with van der Waals surface area (Å²) in [6.07, 6.45) is 1.50. The number of nitrogens with one attached hydrogen (secondary N) is 2. The first-order valence-electron chi connectivity index (χ1n) is 5.66. The maximum absolute atomic E-state index is 11.6. The van der Waals surface area contributed by atoms with Crippen molar-refractivity contribution in [3.05, 3.63) is 33.8 Å². The molecule has 0 bridgehead atoms. The lowest BCUT2D eigenvalue weighted by molar-refractivity contribution is -0.119. The molecule has 2 rings (SSSR count). The van der Waals surface area contributed by atoms with Gasteiger partial charge in [0.2, 0.25) is 11.8 Å². The second kappa shape index (κ2) is 6.49. The summed E-state index contributed by atoms with van der Waals surface area (Å²) in [7, 11) is 0. The smallest absolute Gasteiger partial charge is 0.245 e. The lowest BCUT2D eigenvalue weighted by atomic mass is 10.2. The van der Waals surface area contributed by atoms with Crippen LogP contribution in [0.3, 0.4) is 0 Å². The molecule has 1 aromatic carbocycles. The Bertz CT molecular complexity index is 593. The number of hydrogen-bond donors (Lipinski definition) is 2. The Morgan fingerprint density at radius 1 is 1.45 bits per heavy atom. The fourth-order valence-corrected chi connectivity index (χ4v) is 2.03. The van der Waals surface area contributed by atoms with Crippen molar-refractivity contribution in [1.82, 2.24) is 10.9 Å². The molecule has 0 aromatic heterocycles. The maximum atomic E-state index is 11.6. The SMILES string of the molecule is O=C1CC(CC(=O)N/N=C/c2c(Cl)cccc2Cl)=NN1. The number of amides is 2. The molecule has 1 aliphatic heterocycles. The molecule has 2 amide bonds. The van der Waals surface area contributed by atoms with Gasteiger partial charge in [0.1, 0.15) is 0 Å². The van der Waals surface area contributed by atoms with E-state index in [1.165, 1.54) is 6.21 Å². The second-order valence-corrected chi connectivity index (χ2v) is 4.81. The molecular weight excluding hydrogens is 303 g/mol. The van der Waals surface area contributed by atoms with Gasteiger partial charge in [-0.25, -0.2) is 10.9 Å². The van der Waals surface area contributed by atoms with E-state index >= 15 is 0 Å². The van der Waals surface area contributed by atoms with Crippen molar-refractivity contribution in [2.24, 2.45) is 10.2 Å². The van der Waals surface area contributed by atoms with Crippen LogP contribution >= 0.6 is 23.2 Å². The van der Waals surface area contributed by atoms with E-state index in [9.17, 15) is 9.59 Å². The quantitative estimate of drug-likeness (QED) is 0.655. The third-order valence-corrected chi connectivity index (χ3v) is 3.11. The molecular formula is C12H10Cl2N4O2. The summed E-state index contributed by atoms with van der Waals surface area (Å²) >= 11 is 11.9. The lowest BCUT2D eigenvalue weighted by Gasteiger charge is -2.01. The van der Waals surface area contributed by atoms with Crippen molar-refractivity contribution in [3.8, 4) is 0 Å². The minimum atomic E-state index is -0.375. The predicted molar refractivity (Wildman–Crippen MR) is 77.0 cm³/mol. The van der Waals surface area contributed by atoms with E-state index in [0.29, 0.717) is 21.3 Å². The molecule has 0 saturated carbocycles. The Labute approximate surface area is 124 Å². The normalized spacial score (nSPS) is 14.3. The van der Waals surface area contributed by atoms with Crippen LogP contribution in [-0.4, -0.2) is 23.7 Å². The second-order valence-electron chi connectivity index (χ2n) is 4.00. The number of halogens is 2. The zero-order valence-electron chi connectivity index (χ0n) is 10.2. The molecule has 1 aliphatic rings. The molecule has 1 aromatic rings. The van der Waals surface area contributed by atoms with E-state index in [2.05, 4.69) is 21.1 Å². The van der Waals surface area contributed by atoms with E-state index in [1.54, 1.807) is 18.2 Å². The highest BCUT2D eigenvalue weighted by Crippen LogP contribution is 2.21.